The van der Waals surface area contributed by atoms with Gasteiger partial charge in [0.15, 0.2) is 12.2 Å². The monoisotopic (exact) mass is 1400 g/mol. The van der Waals surface area contributed by atoms with E-state index in [1.54, 1.807) is 0 Å². The largest absolute Gasteiger partial charge is 0.472 e. The molecule has 0 saturated heterocycles. The van der Waals surface area contributed by atoms with Crippen molar-refractivity contribution in [3.63, 3.8) is 0 Å². The van der Waals surface area contributed by atoms with Gasteiger partial charge in [0.25, 0.3) is 0 Å². The van der Waals surface area contributed by atoms with E-state index in [0.717, 1.165) is 120 Å². The van der Waals surface area contributed by atoms with Crippen LogP contribution >= 0.6 is 15.6 Å². The van der Waals surface area contributed by atoms with E-state index in [2.05, 4.69) is 55.4 Å². The molecule has 95 heavy (non-hydrogen) atoms. The second kappa shape index (κ2) is 65.4. The number of phosphoric acid groups is 2. The van der Waals surface area contributed by atoms with Crippen LogP contribution in [0, 0.1) is 23.7 Å². The summed E-state index contributed by atoms with van der Waals surface area (Å²) in [4.78, 5) is 72.8. The lowest BCUT2D eigenvalue weighted by molar-refractivity contribution is -0.161. The third-order valence-corrected chi connectivity index (χ3v) is 20.2. The van der Waals surface area contributed by atoms with Crippen molar-refractivity contribution in [1.29, 1.82) is 0 Å². The van der Waals surface area contributed by atoms with Crippen LogP contribution in [0.2, 0.25) is 0 Å². The Morgan fingerprint density at radius 2 is 0.505 bits per heavy atom. The van der Waals surface area contributed by atoms with Crippen LogP contribution in [0.3, 0.4) is 0 Å². The first-order valence-corrected chi connectivity index (χ1v) is 42.3. The van der Waals surface area contributed by atoms with E-state index in [1.165, 1.54) is 180 Å². The maximum atomic E-state index is 13.1. The fraction of sp³-hybridized carbons (Fsp3) is 0.947. The molecule has 19 heteroatoms. The van der Waals surface area contributed by atoms with Gasteiger partial charge >= 0.3 is 39.5 Å². The van der Waals surface area contributed by atoms with Crippen molar-refractivity contribution in [3.8, 4) is 0 Å². The fourth-order valence-electron chi connectivity index (χ4n) is 11.5. The first-order valence-electron chi connectivity index (χ1n) is 39.3. The Kier molecular flexibility index (Phi) is 64.0. The van der Waals surface area contributed by atoms with Crippen LogP contribution in [0.15, 0.2) is 0 Å². The third kappa shape index (κ3) is 67.6. The summed E-state index contributed by atoms with van der Waals surface area (Å²) in [6.45, 7) is 14.2. The molecule has 0 aromatic heterocycles. The van der Waals surface area contributed by atoms with Crippen molar-refractivity contribution in [2.24, 2.45) is 23.7 Å². The molecule has 17 nitrogen and oxygen atoms in total. The van der Waals surface area contributed by atoms with Gasteiger partial charge in [-0.05, 0) is 49.4 Å². The van der Waals surface area contributed by atoms with E-state index in [9.17, 15) is 43.2 Å². The minimum atomic E-state index is -4.96. The summed E-state index contributed by atoms with van der Waals surface area (Å²) in [7, 11) is -9.91. The van der Waals surface area contributed by atoms with Crippen molar-refractivity contribution in [2.75, 3.05) is 39.6 Å². The molecule has 0 bridgehead atoms. The zero-order valence-corrected chi connectivity index (χ0v) is 64.1. The van der Waals surface area contributed by atoms with Crippen LogP contribution in [0.1, 0.15) is 383 Å². The molecule has 0 amide bonds. The second-order valence-corrected chi connectivity index (χ2v) is 31.7. The van der Waals surface area contributed by atoms with Gasteiger partial charge in [-0.15, -0.1) is 0 Å². The van der Waals surface area contributed by atoms with Gasteiger partial charge in [-0.3, -0.25) is 37.3 Å². The molecule has 4 unspecified atom stereocenters. The van der Waals surface area contributed by atoms with Crippen LogP contribution in [0.25, 0.3) is 0 Å². The normalized spacial score (nSPS) is 14.7. The van der Waals surface area contributed by atoms with Crippen molar-refractivity contribution in [1.82, 2.24) is 0 Å². The molecule has 0 aliphatic heterocycles. The number of esters is 4. The van der Waals surface area contributed by atoms with E-state index in [-0.39, 0.29) is 25.7 Å². The molecule has 0 aliphatic carbocycles. The van der Waals surface area contributed by atoms with Gasteiger partial charge < -0.3 is 33.8 Å². The number of hydrogen-bond donors (Lipinski definition) is 3. The lowest BCUT2D eigenvalue weighted by atomic mass is 9.99. The minimum absolute atomic E-state index is 0.106. The van der Waals surface area contributed by atoms with Crippen molar-refractivity contribution in [3.05, 3.63) is 0 Å². The Morgan fingerprint density at radius 1 is 0.295 bits per heavy atom. The van der Waals surface area contributed by atoms with Crippen LogP contribution < -0.4 is 0 Å². The van der Waals surface area contributed by atoms with E-state index < -0.39 is 97.5 Å². The molecule has 7 atom stereocenters. The Hall–Kier alpha value is -1.94. The molecule has 0 fully saturated rings. The minimum Gasteiger partial charge on any atom is -0.462 e. The molecule has 0 saturated carbocycles. The van der Waals surface area contributed by atoms with E-state index in [1.807, 2.05) is 0 Å². The number of hydrogen-bond acceptors (Lipinski definition) is 15. The Morgan fingerprint density at radius 3 is 0.747 bits per heavy atom. The molecular formula is C76H148O17P2. The van der Waals surface area contributed by atoms with Gasteiger partial charge in [-0.1, -0.05) is 331 Å². The predicted octanol–water partition coefficient (Wildman–Crippen LogP) is 22.0. The van der Waals surface area contributed by atoms with E-state index in [4.69, 9.17) is 37.0 Å². The van der Waals surface area contributed by atoms with Crippen molar-refractivity contribution >= 4 is 39.5 Å². The summed E-state index contributed by atoms with van der Waals surface area (Å²) in [6, 6.07) is 0. The first-order chi connectivity index (χ1) is 45.7. The predicted molar refractivity (Wildman–Crippen MR) is 386 cm³/mol. The quantitative estimate of drug-likeness (QED) is 0.0222. The van der Waals surface area contributed by atoms with E-state index in [0.29, 0.717) is 25.7 Å². The number of unbranched alkanes of at least 4 members (excludes halogenated alkanes) is 37. The molecule has 0 spiro atoms. The SMILES string of the molecule is CCC(C)CCCCCCCCCCCCC(=O)O[C@H](COC(=O)CCCCCCCCCCCCC(C)C)COP(=O)(O)OC[C@@H](O)COP(=O)(O)OC[C@@H](COC(=O)CCCCCCCCC(C)CC)OC(=O)CCCCCCCCCCCCCCCCCC(C)C. The van der Waals surface area contributed by atoms with Crippen molar-refractivity contribution in [2.45, 2.75) is 401 Å². The van der Waals surface area contributed by atoms with Gasteiger partial charge in [0.1, 0.15) is 19.3 Å². The first kappa shape index (κ1) is 93.1. The number of aliphatic hydroxyl groups excluding tert-OH is 1. The van der Waals surface area contributed by atoms with Crippen LogP contribution in [0.5, 0.6) is 0 Å². The zero-order chi connectivity index (χ0) is 70.3. The maximum Gasteiger partial charge on any atom is 0.472 e. The Bertz CT molecular complexity index is 1870. The molecule has 0 rings (SSSR count). The van der Waals surface area contributed by atoms with Crippen molar-refractivity contribution < 1.29 is 80.2 Å². The smallest absolute Gasteiger partial charge is 0.462 e. The number of carbonyl (C=O) groups is 4. The van der Waals surface area contributed by atoms with E-state index >= 15 is 0 Å². The average Bonchev–Trinajstić information content (AvgIpc) is 1.41. The summed E-state index contributed by atoms with van der Waals surface area (Å²) < 4.78 is 68.5. The summed E-state index contributed by atoms with van der Waals surface area (Å²) in [6.07, 6.45) is 49.9. The van der Waals surface area contributed by atoms with Gasteiger partial charge in [-0.25, -0.2) is 9.13 Å². The van der Waals surface area contributed by atoms with Crippen LogP contribution in [0.4, 0.5) is 0 Å². The van der Waals surface area contributed by atoms with Crippen LogP contribution in [-0.2, 0) is 65.4 Å². The summed E-state index contributed by atoms with van der Waals surface area (Å²) >= 11 is 0. The second-order valence-electron chi connectivity index (χ2n) is 28.8. The molecule has 0 radical (unpaired) electrons. The molecule has 0 heterocycles. The fourth-order valence-corrected chi connectivity index (χ4v) is 13.1. The molecular weight excluding hydrogens is 1250 g/mol. The van der Waals surface area contributed by atoms with Gasteiger partial charge in [-0.2, -0.15) is 0 Å². The standard InChI is InChI=1S/C76H148O17P2/c1-9-68(7)54-46-38-30-24-19-21-27-33-43-51-59-76(81)92-71(62-86-73(78)56-48-40-31-25-20-18-23-29-37-45-53-67(5)6)64-90-94(82,83)88-60-70(77)61-89-95(84,85)91-65-72(63-87-74(79)57-49-41-35-34-39-47-55-69(8)10-2)93-75(80)58-50-42-32-26-17-15-13-11-12-14-16-22-28-36-44-52-66(3)4/h66-72,77H,9-65H2,1-8H3,(H,82,83)(H,84,85)/t68?,69?,70-,71-,72-/m1/s1. The lowest BCUT2D eigenvalue weighted by Crippen LogP contribution is -2.30. The maximum absolute atomic E-state index is 13.1. The van der Waals surface area contributed by atoms with Crippen LogP contribution in [-0.4, -0.2) is 96.7 Å². The molecule has 0 aliphatic rings. The van der Waals surface area contributed by atoms with Gasteiger partial charge in [0.05, 0.1) is 26.4 Å². The highest BCUT2D eigenvalue weighted by Gasteiger charge is 2.30. The number of ether oxygens (including phenoxy) is 4. The molecule has 3 N–H and O–H groups in total. The Labute approximate surface area is 581 Å². The Balaban J connectivity index is 5.25. The highest BCUT2D eigenvalue weighted by atomic mass is 31.2. The molecule has 0 aromatic carbocycles. The number of phosphoric ester groups is 2. The zero-order valence-electron chi connectivity index (χ0n) is 62.3. The topological polar surface area (TPSA) is 237 Å². The molecule has 0 aromatic rings. The summed E-state index contributed by atoms with van der Waals surface area (Å²) in [5, 5.41) is 10.6. The summed E-state index contributed by atoms with van der Waals surface area (Å²) in [5.74, 6) is 0.973. The number of carbonyl (C=O) groups excluding carboxylic acids is 4. The summed E-state index contributed by atoms with van der Waals surface area (Å²) in [5.41, 5.74) is 0. The van der Waals surface area contributed by atoms with Gasteiger partial charge in [0, 0.05) is 25.7 Å². The highest BCUT2D eigenvalue weighted by Crippen LogP contribution is 2.45. The number of aliphatic hydroxyl groups is 1. The van der Waals surface area contributed by atoms with Gasteiger partial charge in [0.2, 0.25) is 0 Å². The average molecular weight is 1400 g/mol. The number of rotatable bonds is 73. The molecule has 564 valence electrons. The highest BCUT2D eigenvalue weighted by molar-refractivity contribution is 7.47. The third-order valence-electron chi connectivity index (χ3n) is 18.3. The lowest BCUT2D eigenvalue weighted by Gasteiger charge is -2.21.